The van der Waals surface area contributed by atoms with Crippen LogP contribution < -0.4 is 0 Å². The summed E-state index contributed by atoms with van der Waals surface area (Å²) in [7, 11) is 0. The van der Waals surface area contributed by atoms with Gasteiger partial charge in [-0.05, 0) is 65.7 Å². The smallest absolute Gasteiger partial charge is 0.0727 e. The zero-order valence-corrected chi connectivity index (χ0v) is 23.0. The van der Waals surface area contributed by atoms with E-state index in [1.807, 2.05) is 11.3 Å². The number of thiophene rings is 1. The van der Waals surface area contributed by atoms with Crippen LogP contribution in [0, 0.1) is 0 Å². The Morgan fingerprint density at radius 2 is 0.976 bits per heavy atom. The van der Waals surface area contributed by atoms with E-state index in [1.54, 1.807) is 0 Å². The number of nitrogens with zero attached hydrogens (tertiary/aromatic N) is 2. The standard InChI is InChI=1S/C38H24N2S/c1-2-10-27(11-3-1)39-33-15-7-4-12-29(33)32-24-26(20-23-35(32)39)25-18-21-28(22-19-25)40-34-16-8-5-13-30(34)38-37(40)31-14-6-9-17-36(31)41-38/h1-24H. The van der Waals surface area contributed by atoms with E-state index in [9.17, 15) is 0 Å². The summed E-state index contributed by atoms with van der Waals surface area (Å²) in [6.45, 7) is 0. The fourth-order valence-electron chi connectivity index (χ4n) is 6.50. The van der Waals surface area contributed by atoms with Crippen molar-refractivity contribution >= 4 is 64.3 Å². The summed E-state index contributed by atoms with van der Waals surface area (Å²) >= 11 is 1.89. The minimum absolute atomic E-state index is 1.18. The van der Waals surface area contributed by atoms with Crippen LogP contribution in [0.25, 0.3) is 75.5 Å². The maximum Gasteiger partial charge on any atom is 0.0727 e. The van der Waals surface area contributed by atoms with E-state index in [0.29, 0.717) is 0 Å². The maximum absolute atomic E-state index is 2.43. The molecule has 0 aliphatic carbocycles. The SMILES string of the molecule is c1ccc(-n2c3ccccc3c3cc(-c4ccc(-n5c6ccccc6c6sc7ccccc7c65)cc4)ccc32)cc1. The molecule has 41 heavy (non-hydrogen) atoms. The van der Waals surface area contributed by atoms with Crippen LogP contribution in [0.15, 0.2) is 146 Å². The predicted octanol–water partition coefficient (Wildman–Crippen LogP) is 10.8. The third-order valence-corrected chi connectivity index (χ3v) is 9.52. The minimum atomic E-state index is 1.18. The van der Waals surface area contributed by atoms with Crippen molar-refractivity contribution in [2.45, 2.75) is 0 Å². The molecule has 0 bridgehead atoms. The first kappa shape index (κ1) is 22.7. The fourth-order valence-corrected chi connectivity index (χ4v) is 7.72. The van der Waals surface area contributed by atoms with E-state index in [4.69, 9.17) is 0 Å². The molecule has 9 aromatic rings. The lowest BCUT2D eigenvalue weighted by atomic mass is 10.0. The van der Waals surface area contributed by atoms with Gasteiger partial charge in [0, 0.05) is 37.6 Å². The summed E-state index contributed by atoms with van der Waals surface area (Å²) in [4.78, 5) is 0. The van der Waals surface area contributed by atoms with Crippen molar-refractivity contribution in [1.29, 1.82) is 0 Å². The maximum atomic E-state index is 2.43. The van der Waals surface area contributed by atoms with Gasteiger partial charge in [0.2, 0.25) is 0 Å². The van der Waals surface area contributed by atoms with Crippen LogP contribution in [-0.4, -0.2) is 9.13 Å². The highest BCUT2D eigenvalue weighted by Crippen LogP contribution is 2.42. The predicted molar refractivity (Wildman–Crippen MR) is 176 cm³/mol. The molecule has 0 saturated heterocycles. The van der Waals surface area contributed by atoms with Gasteiger partial charge in [0.25, 0.3) is 0 Å². The van der Waals surface area contributed by atoms with Crippen LogP contribution in [0.1, 0.15) is 0 Å². The van der Waals surface area contributed by atoms with E-state index >= 15 is 0 Å². The zero-order valence-electron chi connectivity index (χ0n) is 22.2. The van der Waals surface area contributed by atoms with Gasteiger partial charge in [-0.2, -0.15) is 0 Å². The Bertz CT molecular complexity index is 2400. The third kappa shape index (κ3) is 3.30. The van der Waals surface area contributed by atoms with Crippen molar-refractivity contribution in [2.75, 3.05) is 0 Å². The Labute approximate surface area is 240 Å². The molecule has 0 spiro atoms. The molecule has 9 rings (SSSR count). The molecule has 2 nitrogen and oxygen atoms in total. The highest BCUT2D eigenvalue weighted by molar-refractivity contribution is 7.26. The Balaban J connectivity index is 1.21. The van der Waals surface area contributed by atoms with Crippen molar-refractivity contribution in [3.63, 3.8) is 0 Å². The average Bonchev–Trinajstić information content (AvgIpc) is 3.68. The second-order valence-corrected chi connectivity index (χ2v) is 11.6. The Hall–Kier alpha value is -5.12. The molecule has 0 aliphatic heterocycles. The molecule has 0 fully saturated rings. The van der Waals surface area contributed by atoms with Gasteiger partial charge in [0.1, 0.15) is 0 Å². The topological polar surface area (TPSA) is 9.86 Å². The van der Waals surface area contributed by atoms with E-state index in [0.717, 1.165) is 0 Å². The number of rotatable bonds is 3. The quantitative estimate of drug-likeness (QED) is 0.211. The molecule has 3 heteroatoms. The first-order valence-electron chi connectivity index (χ1n) is 14.0. The Kier molecular flexibility index (Phi) is 4.80. The summed E-state index contributed by atoms with van der Waals surface area (Å²) in [5.41, 5.74) is 9.82. The molecule has 0 aliphatic rings. The van der Waals surface area contributed by atoms with Crippen molar-refractivity contribution in [2.24, 2.45) is 0 Å². The molecule has 0 amide bonds. The molecule has 192 valence electrons. The van der Waals surface area contributed by atoms with Crippen molar-refractivity contribution < 1.29 is 0 Å². The molecule has 3 heterocycles. The molecule has 0 unspecified atom stereocenters. The fraction of sp³-hybridized carbons (Fsp3) is 0. The van der Waals surface area contributed by atoms with Crippen molar-refractivity contribution in [3.05, 3.63) is 146 Å². The lowest BCUT2D eigenvalue weighted by Gasteiger charge is -2.10. The molecule has 0 radical (unpaired) electrons. The van der Waals surface area contributed by atoms with Gasteiger partial charge in [0.05, 0.1) is 26.8 Å². The van der Waals surface area contributed by atoms with Crippen LogP contribution in [0.5, 0.6) is 0 Å². The van der Waals surface area contributed by atoms with Gasteiger partial charge in [-0.15, -0.1) is 11.3 Å². The second kappa shape index (κ2) is 8.69. The van der Waals surface area contributed by atoms with Crippen LogP contribution in [-0.2, 0) is 0 Å². The number of para-hydroxylation sites is 3. The minimum Gasteiger partial charge on any atom is -0.309 e. The summed E-state index contributed by atoms with van der Waals surface area (Å²) in [6.07, 6.45) is 0. The van der Waals surface area contributed by atoms with E-state index < -0.39 is 0 Å². The molecule has 0 saturated carbocycles. The summed E-state index contributed by atoms with van der Waals surface area (Å²) in [5.74, 6) is 0. The number of benzene rings is 6. The lowest BCUT2D eigenvalue weighted by molar-refractivity contribution is 1.18. The van der Waals surface area contributed by atoms with E-state index in [2.05, 4.69) is 155 Å². The third-order valence-electron chi connectivity index (χ3n) is 8.33. The lowest BCUT2D eigenvalue weighted by Crippen LogP contribution is -1.94. The molecule has 3 aromatic heterocycles. The molecule has 0 atom stereocenters. The van der Waals surface area contributed by atoms with Gasteiger partial charge >= 0.3 is 0 Å². The van der Waals surface area contributed by atoms with Crippen molar-refractivity contribution in [3.8, 4) is 22.5 Å². The summed E-state index contributed by atoms with van der Waals surface area (Å²) < 4.78 is 7.48. The van der Waals surface area contributed by atoms with E-state index in [1.165, 1.54) is 75.5 Å². The van der Waals surface area contributed by atoms with Crippen LogP contribution >= 0.6 is 11.3 Å². The van der Waals surface area contributed by atoms with Crippen LogP contribution in [0.4, 0.5) is 0 Å². The first-order valence-corrected chi connectivity index (χ1v) is 14.8. The van der Waals surface area contributed by atoms with Crippen LogP contribution in [0.2, 0.25) is 0 Å². The van der Waals surface area contributed by atoms with Gasteiger partial charge < -0.3 is 9.13 Å². The summed E-state index contributed by atoms with van der Waals surface area (Å²) in [6, 6.07) is 52.8. The van der Waals surface area contributed by atoms with Crippen molar-refractivity contribution in [1.82, 2.24) is 9.13 Å². The van der Waals surface area contributed by atoms with Gasteiger partial charge in [-0.1, -0.05) is 91.0 Å². The normalized spacial score (nSPS) is 11.9. The monoisotopic (exact) mass is 540 g/mol. The number of hydrogen-bond acceptors (Lipinski definition) is 1. The van der Waals surface area contributed by atoms with Gasteiger partial charge in [-0.3, -0.25) is 0 Å². The molecular weight excluding hydrogens is 516 g/mol. The number of aromatic nitrogens is 2. The second-order valence-electron chi connectivity index (χ2n) is 10.6. The Morgan fingerprint density at radius 3 is 1.78 bits per heavy atom. The molecule has 6 aromatic carbocycles. The Morgan fingerprint density at radius 1 is 0.390 bits per heavy atom. The highest BCUT2D eigenvalue weighted by Gasteiger charge is 2.18. The van der Waals surface area contributed by atoms with Gasteiger partial charge in [0.15, 0.2) is 0 Å². The highest BCUT2D eigenvalue weighted by atomic mass is 32.1. The first-order chi connectivity index (χ1) is 20.3. The van der Waals surface area contributed by atoms with Crippen LogP contribution in [0.3, 0.4) is 0 Å². The zero-order chi connectivity index (χ0) is 26.9. The number of hydrogen-bond donors (Lipinski definition) is 0. The largest absolute Gasteiger partial charge is 0.309 e. The molecule has 0 N–H and O–H groups in total. The van der Waals surface area contributed by atoms with E-state index in [-0.39, 0.29) is 0 Å². The average molecular weight is 541 g/mol. The number of fused-ring (bicyclic) bond motifs is 8. The summed E-state index contributed by atoms with van der Waals surface area (Å²) in [5, 5.41) is 5.17. The van der Waals surface area contributed by atoms with Gasteiger partial charge in [-0.25, -0.2) is 0 Å². The molecular formula is C38H24N2S.